The lowest BCUT2D eigenvalue weighted by Gasteiger charge is -2.47. The summed E-state index contributed by atoms with van der Waals surface area (Å²) < 4.78 is 63.8. The molecule has 3 heterocycles. The molecule has 1 aliphatic heterocycles. The van der Waals surface area contributed by atoms with Crippen LogP contribution in [-0.2, 0) is 10.0 Å². The van der Waals surface area contributed by atoms with Gasteiger partial charge in [-0.1, -0.05) is 28.7 Å². The molecule has 2 fully saturated rings. The van der Waals surface area contributed by atoms with Gasteiger partial charge in [0.1, 0.15) is 17.0 Å². The fraction of sp³-hybridized carbons (Fsp3) is 0.483. The zero-order valence-electron chi connectivity index (χ0n) is 24.1. The van der Waals surface area contributed by atoms with Crippen LogP contribution in [0.3, 0.4) is 0 Å². The number of carbonyl (C=O) groups excluding carboxylic acids is 1. The highest BCUT2D eigenvalue weighted by molar-refractivity contribution is 7.90. The molecule has 5 rings (SSSR count). The fourth-order valence-electron chi connectivity index (χ4n) is 5.88. The van der Waals surface area contributed by atoms with E-state index in [4.69, 9.17) is 9.72 Å². The van der Waals surface area contributed by atoms with E-state index in [9.17, 15) is 22.0 Å². The first-order valence-electron chi connectivity index (χ1n) is 13.9. The molecule has 0 bridgehead atoms. The number of ether oxygens (including phenoxy) is 1. The first-order valence-corrected chi connectivity index (χ1v) is 15.9. The van der Waals surface area contributed by atoms with Crippen molar-refractivity contribution in [2.75, 3.05) is 18.1 Å². The Bertz CT molecular complexity index is 1600. The lowest BCUT2D eigenvalue weighted by Crippen LogP contribution is -2.48. The number of sulfonamides is 1. The highest BCUT2D eigenvalue weighted by Gasteiger charge is 2.51. The Morgan fingerprint density at radius 3 is 2.57 bits per heavy atom. The molecule has 13 heteroatoms. The van der Waals surface area contributed by atoms with E-state index in [0.29, 0.717) is 30.0 Å². The van der Waals surface area contributed by atoms with Gasteiger partial charge in [-0.15, -0.1) is 5.10 Å². The second kappa shape index (κ2) is 10.9. The third kappa shape index (κ3) is 5.88. The molecule has 0 radical (unpaired) electrons. The van der Waals surface area contributed by atoms with E-state index in [2.05, 4.69) is 26.0 Å². The third-order valence-corrected chi connectivity index (χ3v) is 10.4. The molecule has 1 N–H and O–H groups in total. The van der Waals surface area contributed by atoms with Gasteiger partial charge in [0.2, 0.25) is 5.88 Å². The predicted molar refractivity (Wildman–Crippen MR) is 159 cm³/mol. The number of anilines is 1. The maximum atomic E-state index is 14.8. The van der Waals surface area contributed by atoms with Crippen LogP contribution in [0.4, 0.5) is 14.6 Å². The molecule has 2 unspecified atom stereocenters. The van der Waals surface area contributed by atoms with Crippen molar-refractivity contribution in [1.29, 1.82) is 0 Å². The number of amides is 1. The Balaban J connectivity index is 1.45. The summed E-state index contributed by atoms with van der Waals surface area (Å²) in [7, 11) is -2.06. The number of alkyl halides is 1. The molecule has 42 heavy (non-hydrogen) atoms. The molecule has 226 valence electrons. The number of halogens is 2. The monoisotopic (exact) mass is 619 g/mol. The number of pyridine rings is 1. The molecule has 1 amide bonds. The van der Waals surface area contributed by atoms with Gasteiger partial charge in [-0.05, 0) is 76.3 Å². The molecule has 2 aromatic heterocycles. The number of carbonyl (C=O) groups is 1. The van der Waals surface area contributed by atoms with Crippen LogP contribution < -0.4 is 14.4 Å². The summed E-state index contributed by atoms with van der Waals surface area (Å²) in [5.41, 5.74) is -0.890. The number of nitrogens with zero attached hydrogens (tertiary/aromatic N) is 4. The minimum atomic E-state index is -4.34. The molecule has 0 spiro atoms. The Kier molecular flexibility index (Phi) is 7.85. The van der Waals surface area contributed by atoms with Crippen LogP contribution >= 0.6 is 9.24 Å². The SMILES string of the molecule is C[C@@H]1CN(c2nc(-n3ccc(OCC4(C(C)(F)P)CCC4)n3)ccc2C(=O)NS(=O)(=O)c2cccc(F)c2)C(C)(C)C1. The third-order valence-electron chi connectivity index (χ3n) is 8.41. The van der Waals surface area contributed by atoms with E-state index >= 15 is 0 Å². The lowest BCUT2D eigenvalue weighted by molar-refractivity contribution is -0.0343. The summed E-state index contributed by atoms with van der Waals surface area (Å²) >= 11 is 0. The standard InChI is InChI=1S/C29H36F2N5O4PS/c1-19-16-27(2,3)35(17-19)25-22(26(37)34-42(38,39)21-8-5-7-20(30)15-21)9-10-23(32-25)36-14-11-24(33-36)40-18-29(12-6-13-29)28(4,31)41/h5,7-11,14-15,19H,6,12-13,16-18,41H2,1-4H3,(H,34,37)/t19-,28?/m0/s1. The Morgan fingerprint density at radius 2 is 1.98 bits per heavy atom. The minimum Gasteiger partial charge on any atom is -0.476 e. The van der Waals surface area contributed by atoms with Gasteiger partial charge in [0.05, 0.1) is 17.1 Å². The smallest absolute Gasteiger partial charge is 0.268 e. The van der Waals surface area contributed by atoms with Gasteiger partial charge in [-0.3, -0.25) is 4.79 Å². The molecular formula is C29H36F2N5O4PS. The van der Waals surface area contributed by atoms with Crippen LogP contribution in [0.2, 0.25) is 0 Å². The number of benzene rings is 1. The van der Waals surface area contributed by atoms with Gasteiger partial charge in [0.15, 0.2) is 5.82 Å². The number of rotatable bonds is 9. The number of hydrogen-bond donors (Lipinski definition) is 1. The van der Waals surface area contributed by atoms with Crippen molar-refractivity contribution >= 4 is 31.0 Å². The van der Waals surface area contributed by atoms with Crippen LogP contribution in [0.25, 0.3) is 5.82 Å². The molecular weight excluding hydrogens is 583 g/mol. The van der Waals surface area contributed by atoms with Crippen molar-refractivity contribution in [3.63, 3.8) is 0 Å². The topological polar surface area (TPSA) is 106 Å². The second-order valence-electron chi connectivity index (χ2n) is 12.3. The maximum Gasteiger partial charge on any atom is 0.268 e. The average Bonchev–Trinajstić information content (AvgIpc) is 3.44. The van der Waals surface area contributed by atoms with Gasteiger partial charge < -0.3 is 9.64 Å². The van der Waals surface area contributed by atoms with E-state index in [1.165, 1.54) is 22.9 Å². The first-order chi connectivity index (χ1) is 19.6. The van der Waals surface area contributed by atoms with Gasteiger partial charge in [0.25, 0.3) is 15.9 Å². The zero-order valence-corrected chi connectivity index (χ0v) is 26.1. The second-order valence-corrected chi connectivity index (χ2v) is 15.0. The summed E-state index contributed by atoms with van der Waals surface area (Å²) in [6.45, 7) is 8.52. The number of nitrogens with one attached hydrogen (secondary N) is 1. The van der Waals surface area contributed by atoms with E-state index in [1.54, 1.807) is 25.3 Å². The maximum absolute atomic E-state index is 14.8. The summed E-state index contributed by atoms with van der Waals surface area (Å²) in [5.74, 6) is -0.306. The summed E-state index contributed by atoms with van der Waals surface area (Å²) in [6, 6.07) is 9.17. The van der Waals surface area contributed by atoms with Gasteiger partial charge in [-0.25, -0.2) is 31.6 Å². The number of aromatic nitrogens is 3. The Labute approximate surface area is 247 Å². The van der Waals surface area contributed by atoms with Crippen molar-refractivity contribution in [2.24, 2.45) is 11.3 Å². The van der Waals surface area contributed by atoms with Crippen molar-refractivity contribution in [3.05, 3.63) is 60.0 Å². The Hall–Kier alpha value is -3.11. The molecule has 3 aromatic rings. The van der Waals surface area contributed by atoms with E-state index in [0.717, 1.165) is 37.8 Å². The highest BCUT2D eigenvalue weighted by atomic mass is 32.2. The largest absolute Gasteiger partial charge is 0.476 e. The predicted octanol–water partition coefficient (Wildman–Crippen LogP) is 5.26. The molecule has 9 nitrogen and oxygen atoms in total. The average molecular weight is 620 g/mol. The van der Waals surface area contributed by atoms with E-state index < -0.39 is 32.6 Å². The van der Waals surface area contributed by atoms with Gasteiger partial charge >= 0.3 is 0 Å². The minimum absolute atomic E-state index is 0.0548. The summed E-state index contributed by atoms with van der Waals surface area (Å²) in [6.07, 6.45) is 4.92. The molecule has 1 aromatic carbocycles. The molecule has 1 saturated heterocycles. The van der Waals surface area contributed by atoms with Crippen LogP contribution in [0.5, 0.6) is 5.88 Å². The van der Waals surface area contributed by atoms with Crippen molar-refractivity contribution in [1.82, 2.24) is 19.5 Å². The zero-order chi connectivity index (χ0) is 30.5. The van der Waals surface area contributed by atoms with Crippen LogP contribution in [0, 0.1) is 17.2 Å². The summed E-state index contributed by atoms with van der Waals surface area (Å²) in [5, 5.41) is 3.02. The Morgan fingerprint density at radius 1 is 1.24 bits per heavy atom. The molecule has 1 saturated carbocycles. The number of hydrogen-bond acceptors (Lipinski definition) is 7. The van der Waals surface area contributed by atoms with Gasteiger partial charge in [-0.2, -0.15) is 0 Å². The first kappa shape index (κ1) is 30.4. The van der Waals surface area contributed by atoms with Crippen molar-refractivity contribution in [2.45, 2.75) is 69.2 Å². The normalized spacial score (nSPS) is 20.9. The van der Waals surface area contributed by atoms with E-state index in [-0.39, 0.29) is 22.6 Å². The van der Waals surface area contributed by atoms with Crippen LogP contribution in [0.1, 0.15) is 63.7 Å². The molecule has 2 aliphatic rings. The quantitative estimate of drug-likeness (QED) is 0.326. The lowest BCUT2D eigenvalue weighted by atomic mass is 9.66. The van der Waals surface area contributed by atoms with Crippen molar-refractivity contribution in [3.8, 4) is 11.7 Å². The van der Waals surface area contributed by atoms with Gasteiger partial charge in [0, 0.05) is 29.8 Å². The van der Waals surface area contributed by atoms with Crippen molar-refractivity contribution < 1.29 is 26.7 Å². The van der Waals surface area contributed by atoms with Crippen LogP contribution in [-0.4, -0.2) is 53.2 Å². The molecule has 1 aliphatic carbocycles. The van der Waals surface area contributed by atoms with Crippen LogP contribution in [0.15, 0.2) is 53.6 Å². The summed E-state index contributed by atoms with van der Waals surface area (Å²) in [4.78, 5) is 19.8. The highest BCUT2D eigenvalue weighted by Crippen LogP contribution is 2.54. The van der Waals surface area contributed by atoms with E-state index in [1.807, 2.05) is 18.7 Å². The molecule has 3 atom stereocenters. The fourth-order valence-corrected chi connectivity index (χ4v) is 7.25.